The van der Waals surface area contributed by atoms with Gasteiger partial charge in [-0.3, -0.25) is 4.79 Å². The summed E-state index contributed by atoms with van der Waals surface area (Å²) in [7, 11) is 0. The molecule has 0 aromatic heterocycles. The number of likely N-dealkylation sites (tertiary alicyclic amines) is 1. The minimum Gasteiger partial charge on any atom is -0.343 e. The Morgan fingerprint density at radius 2 is 1.87 bits per heavy atom. The van der Waals surface area contributed by atoms with E-state index < -0.39 is 0 Å². The molecule has 3 nitrogen and oxygen atoms in total. The molecule has 88 valence electrons. The van der Waals surface area contributed by atoms with E-state index in [1.165, 1.54) is 12.8 Å². The van der Waals surface area contributed by atoms with Gasteiger partial charge in [0.15, 0.2) is 0 Å². The van der Waals surface area contributed by atoms with Gasteiger partial charge in [0, 0.05) is 19.5 Å². The molecule has 3 heteroatoms. The van der Waals surface area contributed by atoms with Gasteiger partial charge in [-0.1, -0.05) is 13.8 Å². The number of rotatable bonds is 5. The maximum Gasteiger partial charge on any atom is 0.222 e. The zero-order chi connectivity index (χ0) is 11.3. The van der Waals surface area contributed by atoms with Gasteiger partial charge in [0.25, 0.3) is 0 Å². The van der Waals surface area contributed by atoms with E-state index in [9.17, 15) is 4.79 Å². The number of hydrogen-bond acceptors (Lipinski definition) is 2. The van der Waals surface area contributed by atoms with Crippen LogP contribution in [0.2, 0.25) is 0 Å². The summed E-state index contributed by atoms with van der Waals surface area (Å²) in [5, 5.41) is 0. The highest BCUT2D eigenvalue weighted by Gasteiger charge is 2.22. The van der Waals surface area contributed by atoms with Gasteiger partial charge in [0.2, 0.25) is 5.91 Å². The lowest BCUT2D eigenvalue weighted by molar-refractivity contribution is -0.130. The molecule has 0 radical (unpaired) electrons. The molecule has 15 heavy (non-hydrogen) atoms. The van der Waals surface area contributed by atoms with E-state index >= 15 is 0 Å². The van der Waals surface area contributed by atoms with Crippen LogP contribution in [-0.4, -0.2) is 30.4 Å². The molecule has 0 spiro atoms. The van der Waals surface area contributed by atoms with Crippen LogP contribution in [0.25, 0.3) is 0 Å². The molecule has 2 N–H and O–H groups in total. The molecule has 1 rings (SSSR count). The fraction of sp³-hybridized carbons (Fsp3) is 0.917. The molecule has 1 amide bonds. The van der Waals surface area contributed by atoms with Crippen molar-refractivity contribution in [2.45, 2.75) is 46.0 Å². The van der Waals surface area contributed by atoms with E-state index in [-0.39, 0.29) is 5.41 Å². The number of carbonyl (C=O) groups excluding carboxylic acids is 1. The van der Waals surface area contributed by atoms with Crippen molar-refractivity contribution in [2.24, 2.45) is 11.1 Å². The quantitative estimate of drug-likeness (QED) is 0.755. The van der Waals surface area contributed by atoms with Crippen molar-refractivity contribution in [1.29, 1.82) is 0 Å². The third-order valence-electron chi connectivity index (χ3n) is 3.30. The third kappa shape index (κ3) is 4.20. The highest BCUT2D eigenvalue weighted by molar-refractivity contribution is 5.76. The van der Waals surface area contributed by atoms with Gasteiger partial charge < -0.3 is 10.6 Å². The normalized spacial score (nSPS) is 17.1. The molecule has 0 bridgehead atoms. The molecule has 1 fully saturated rings. The highest BCUT2D eigenvalue weighted by atomic mass is 16.2. The monoisotopic (exact) mass is 212 g/mol. The summed E-state index contributed by atoms with van der Waals surface area (Å²) in [6, 6.07) is 0. The van der Waals surface area contributed by atoms with Gasteiger partial charge in [0.05, 0.1) is 0 Å². The van der Waals surface area contributed by atoms with Crippen molar-refractivity contribution >= 4 is 5.91 Å². The maximum atomic E-state index is 11.8. The molecule has 0 aliphatic carbocycles. The van der Waals surface area contributed by atoms with Gasteiger partial charge >= 0.3 is 0 Å². The Bertz CT molecular complexity index is 208. The van der Waals surface area contributed by atoms with Crippen molar-refractivity contribution < 1.29 is 4.79 Å². The molecule has 0 atom stereocenters. The Morgan fingerprint density at radius 3 is 2.40 bits per heavy atom. The standard InChI is InChI=1S/C12H24N2O/c1-12(2,7-8-13)6-5-11(15)14-9-3-4-10-14/h3-10,13H2,1-2H3. The first-order valence-corrected chi connectivity index (χ1v) is 6.03. The Balaban J connectivity index is 2.26. The fourth-order valence-corrected chi connectivity index (χ4v) is 2.09. The highest BCUT2D eigenvalue weighted by Crippen LogP contribution is 2.26. The first-order chi connectivity index (χ1) is 7.05. The summed E-state index contributed by atoms with van der Waals surface area (Å²) in [6.07, 6.45) is 5.00. The van der Waals surface area contributed by atoms with Crippen molar-refractivity contribution in [2.75, 3.05) is 19.6 Å². The zero-order valence-electron chi connectivity index (χ0n) is 10.1. The topological polar surface area (TPSA) is 46.3 Å². The fourth-order valence-electron chi connectivity index (χ4n) is 2.09. The second-order valence-corrected chi connectivity index (χ2v) is 5.29. The second-order valence-electron chi connectivity index (χ2n) is 5.29. The van der Waals surface area contributed by atoms with E-state index in [4.69, 9.17) is 5.73 Å². The molecule has 1 aliphatic heterocycles. The summed E-state index contributed by atoms with van der Waals surface area (Å²) in [5.74, 6) is 0.331. The summed E-state index contributed by atoms with van der Waals surface area (Å²) >= 11 is 0. The Hall–Kier alpha value is -0.570. The van der Waals surface area contributed by atoms with Crippen molar-refractivity contribution in [3.63, 3.8) is 0 Å². The van der Waals surface area contributed by atoms with Crippen molar-refractivity contribution in [1.82, 2.24) is 4.90 Å². The minimum absolute atomic E-state index is 0.212. The zero-order valence-corrected chi connectivity index (χ0v) is 10.1. The smallest absolute Gasteiger partial charge is 0.222 e. The van der Waals surface area contributed by atoms with Crippen LogP contribution in [-0.2, 0) is 4.79 Å². The number of nitrogens with zero attached hydrogens (tertiary/aromatic N) is 1. The first-order valence-electron chi connectivity index (χ1n) is 6.03. The molecule has 0 aromatic rings. The van der Waals surface area contributed by atoms with Crippen LogP contribution in [0.4, 0.5) is 0 Å². The van der Waals surface area contributed by atoms with Gasteiger partial charge in [-0.05, 0) is 37.6 Å². The SMILES string of the molecule is CC(C)(CCN)CCC(=O)N1CCCC1. The predicted molar refractivity (Wildman–Crippen MR) is 62.5 cm³/mol. The summed E-state index contributed by atoms with van der Waals surface area (Å²) in [4.78, 5) is 13.8. The number of hydrogen-bond donors (Lipinski definition) is 1. The average molecular weight is 212 g/mol. The van der Waals surface area contributed by atoms with Crippen LogP contribution in [0.15, 0.2) is 0 Å². The van der Waals surface area contributed by atoms with Crippen molar-refractivity contribution in [3.8, 4) is 0 Å². The molecular formula is C12H24N2O. The van der Waals surface area contributed by atoms with Gasteiger partial charge in [0.1, 0.15) is 0 Å². The van der Waals surface area contributed by atoms with Crippen LogP contribution >= 0.6 is 0 Å². The number of nitrogens with two attached hydrogens (primary N) is 1. The molecule has 1 heterocycles. The number of amides is 1. The lowest BCUT2D eigenvalue weighted by Gasteiger charge is -2.24. The molecular weight excluding hydrogens is 188 g/mol. The van der Waals surface area contributed by atoms with Gasteiger partial charge in [-0.2, -0.15) is 0 Å². The van der Waals surface area contributed by atoms with E-state index in [1.54, 1.807) is 0 Å². The van der Waals surface area contributed by atoms with Gasteiger partial charge in [-0.15, -0.1) is 0 Å². The molecule has 0 unspecified atom stereocenters. The van der Waals surface area contributed by atoms with Crippen LogP contribution < -0.4 is 5.73 Å². The Kier molecular flexibility index (Phi) is 4.58. The summed E-state index contributed by atoms with van der Waals surface area (Å²) < 4.78 is 0. The molecule has 1 saturated heterocycles. The molecule has 0 aromatic carbocycles. The average Bonchev–Trinajstić information content (AvgIpc) is 2.67. The largest absolute Gasteiger partial charge is 0.343 e. The Labute approximate surface area is 93.0 Å². The second kappa shape index (κ2) is 5.50. The summed E-state index contributed by atoms with van der Waals surface area (Å²) in [6.45, 7) is 7.03. The van der Waals surface area contributed by atoms with Crippen molar-refractivity contribution in [3.05, 3.63) is 0 Å². The van der Waals surface area contributed by atoms with E-state index in [0.29, 0.717) is 18.9 Å². The maximum absolute atomic E-state index is 11.8. The summed E-state index contributed by atoms with van der Waals surface area (Å²) in [5.41, 5.74) is 5.76. The molecule has 0 saturated carbocycles. The van der Waals surface area contributed by atoms with Crippen LogP contribution in [0, 0.1) is 5.41 Å². The molecule has 1 aliphatic rings. The van der Waals surface area contributed by atoms with E-state index in [2.05, 4.69) is 13.8 Å². The lowest BCUT2D eigenvalue weighted by Crippen LogP contribution is -2.29. The van der Waals surface area contributed by atoms with E-state index in [1.807, 2.05) is 4.90 Å². The van der Waals surface area contributed by atoms with Gasteiger partial charge in [-0.25, -0.2) is 0 Å². The number of carbonyl (C=O) groups is 1. The first kappa shape index (κ1) is 12.5. The predicted octanol–water partition coefficient (Wildman–Crippen LogP) is 1.76. The minimum atomic E-state index is 0.212. The lowest BCUT2D eigenvalue weighted by atomic mass is 9.84. The van der Waals surface area contributed by atoms with Crippen LogP contribution in [0.3, 0.4) is 0 Å². The van der Waals surface area contributed by atoms with E-state index in [0.717, 1.165) is 25.9 Å². The third-order valence-corrected chi connectivity index (χ3v) is 3.30. The Morgan fingerprint density at radius 1 is 1.27 bits per heavy atom. The van der Waals surface area contributed by atoms with Crippen LogP contribution in [0.1, 0.15) is 46.0 Å². The van der Waals surface area contributed by atoms with Crippen LogP contribution in [0.5, 0.6) is 0 Å².